The highest BCUT2D eigenvalue weighted by molar-refractivity contribution is 14.1. The van der Waals surface area contributed by atoms with Crippen molar-refractivity contribution in [3.8, 4) is 0 Å². The summed E-state index contributed by atoms with van der Waals surface area (Å²) >= 11 is 2.24. The molecule has 0 aromatic heterocycles. The number of aliphatic hydroxyl groups excluding tert-OH is 1. The third kappa shape index (κ3) is 3.10. The Bertz CT molecular complexity index is 320. The zero-order chi connectivity index (χ0) is 10.6. The molecule has 0 amide bonds. The first-order chi connectivity index (χ1) is 6.65. The predicted molar refractivity (Wildman–Crippen MR) is 68.2 cm³/mol. The van der Waals surface area contributed by atoms with Crippen LogP contribution in [0.5, 0.6) is 0 Å². The molecule has 14 heavy (non-hydrogen) atoms. The minimum atomic E-state index is -0.407. The molecule has 0 aliphatic carbocycles. The molecule has 0 fully saturated rings. The molecule has 0 aliphatic rings. The van der Waals surface area contributed by atoms with Crippen molar-refractivity contribution in [1.29, 1.82) is 0 Å². The van der Waals surface area contributed by atoms with E-state index in [1.807, 2.05) is 24.3 Å². The lowest BCUT2D eigenvalue weighted by Crippen LogP contribution is -2.00. The zero-order valence-electron chi connectivity index (χ0n) is 8.33. The quantitative estimate of drug-likeness (QED) is 0.664. The van der Waals surface area contributed by atoms with Crippen molar-refractivity contribution >= 4 is 22.6 Å². The van der Waals surface area contributed by atoms with E-state index in [2.05, 4.69) is 36.1 Å². The van der Waals surface area contributed by atoms with Gasteiger partial charge in [0.05, 0.1) is 6.10 Å². The molecular weight excluding hydrogens is 287 g/mol. The molecule has 1 atom stereocenters. The Balaban J connectivity index is 2.74. The van der Waals surface area contributed by atoms with E-state index in [1.165, 1.54) is 0 Å². The van der Waals surface area contributed by atoms with E-state index in [0.29, 0.717) is 6.42 Å². The Labute approximate surface area is 99.0 Å². The molecule has 2 heteroatoms. The van der Waals surface area contributed by atoms with Crippen molar-refractivity contribution < 1.29 is 5.11 Å². The molecule has 0 spiro atoms. The van der Waals surface area contributed by atoms with E-state index in [-0.39, 0.29) is 0 Å². The maximum atomic E-state index is 9.94. The van der Waals surface area contributed by atoms with Gasteiger partial charge < -0.3 is 5.11 Å². The third-order valence-corrected chi connectivity index (χ3v) is 3.23. The highest BCUT2D eigenvalue weighted by atomic mass is 127. The van der Waals surface area contributed by atoms with Gasteiger partial charge in [0.25, 0.3) is 0 Å². The third-order valence-electron chi connectivity index (χ3n) is 2.25. The second-order valence-electron chi connectivity index (χ2n) is 3.34. The fourth-order valence-corrected chi connectivity index (χ4v) is 2.02. The van der Waals surface area contributed by atoms with Gasteiger partial charge in [0.15, 0.2) is 0 Å². The molecule has 1 N–H and O–H groups in total. The number of benzene rings is 1. The van der Waals surface area contributed by atoms with Gasteiger partial charge >= 0.3 is 0 Å². The molecule has 0 bridgehead atoms. The van der Waals surface area contributed by atoms with Crippen LogP contribution < -0.4 is 0 Å². The first kappa shape index (κ1) is 11.7. The number of hydrogen-bond donors (Lipinski definition) is 1. The zero-order valence-corrected chi connectivity index (χ0v) is 10.5. The Morgan fingerprint density at radius 2 is 2.14 bits per heavy atom. The number of hydrogen-bond acceptors (Lipinski definition) is 1. The van der Waals surface area contributed by atoms with E-state index in [1.54, 1.807) is 0 Å². The van der Waals surface area contributed by atoms with Crippen LogP contribution in [0.2, 0.25) is 0 Å². The number of halogens is 1. The van der Waals surface area contributed by atoms with E-state index < -0.39 is 6.10 Å². The van der Waals surface area contributed by atoms with Crippen LogP contribution in [0.4, 0.5) is 0 Å². The first-order valence-electron chi connectivity index (χ1n) is 4.74. The molecule has 1 aromatic rings. The van der Waals surface area contributed by atoms with Crippen molar-refractivity contribution in [3.63, 3.8) is 0 Å². The lowest BCUT2D eigenvalue weighted by molar-refractivity contribution is 0.176. The fourth-order valence-electron chi connectivity index (χ4n) is 1.27. The van der Waals surface area contributed by atoms with Gasteiger partial charge in [0, 0.05) is 3.57 Å². The summed E-state index contributed by atoms with van der Waals surface area (Å²) in [6.45, 7) is 5.97. The molecule has 0 aliphatic heterocycles. The maximum Gasteiger partial charge on any atom is 0.0837 e. The summed E-state index contributed by atoms with van der Waals surface area (Å²) in [5, 5.41) is 9.94. The molecule has 1 unspecified atom stereocenters. The average molecular weight is 302 g/mol. The lowest BCUT2D eigenvalue weighted by Gasteiger charge is -2.13. The summed E-state index contributed by atoms with van der Waals surface area (Å²) in [6, 6.07) is 7.91. The normalized spacial score (nSPS) is 12.5. The summed E-state index contributed by atoms with van der Waals surface area (Å²) in [4.78, 5) is 0. The predicted octanol–water partition coefficient (Wildman–Crippen LogP) is 3.68. The molecule has 0 saturated heterocycles. The minimum Gasteiger partial charge on any atom is -0.388 e. The summed E-state index contributed by atoms with van der Waals surface area (Å²) < 4.78 is 1.11. The molecule has 1 rings (SSSR count). The van der Waals surface area contributed by atoms with Crippen LogP contribution in [-0.4, -0.2) is 5.11 Å². The van der Waals surface area contributed by atoms with Gasteiger partial charge in [0.1, 0.15) is 0 Å². The summed E-state index contributed by atoms with van der Waals surface area (Å²) in [5.41, 5.74) is 2.10. The molecule has 0 radical (unpaired) electrons. The Morgan fingerprint density at radius 1 is 1.50 bits per heavy atom. The summed E-state index contributed by atoms with van der Waals surface area (Å²) in [6.07, 6.45) is 1.19. The van der Waals surface area contributed by atoms with Crippen LogP contribution >= 0.6 is 22.6 Å². The molecule has 0 heterocycles. The Hall–Kier alpha value is -0.350. The second kappa shape index (κ2) is 5.51. The number of aliphatic hydroxyl groups is 1. The monoisotopic (exact) mass is 302 g/mol. The topological polar surface area (TPSA) is 20.2 Å². The summed E-state index contributed by atoms with van der Waals surface area (Å²) in [7, 11) is 0. The standard InChI is InChI=1S/C12H15IO/c1-3-9(2)8-12(14)10-6-4-5-7-11(10)13/h4-7,12,14H,2-3,8H2,1H3. The van der Waals surface area contributed by atoms with Crippen LogP contribution in [0.3, 0.4) is 0 Å². The van der Waals surface area contributed by atoms with E-state index in [4.69, 9.17) is 0 Å². The van der Waals surface area contributed by atoms with Crippen molar-refractivity contribution in [1.82, 2.24) is 0 Å². The number of rotatable bonds is 4. The minimum absolute atomic E-state index is 0.407. The molecular formula is C12H15IO. The van der Waals surface area contributed by atoms with Gasteiger partial charge in [-0.2, -0.15) is 0 Å². The van der Waals surface area contributed by atoms with Crippen molar-refractivity contribution in [3.05, 3.63) is 45.6 Å². The van der Waals surface area contributed by atoms with Crippen LogP contribution in [0.25, 0.3) is 0 Å². The Kier molecular flexibility index (Phi) is 4.62. The Morgan fingerprint density at radius 3 is 2.71 bits per heavy atom. The fraction of sp³-hybridized carbons (Fsp3) is 0.333. The highest BCUT2D eigenvalue weighted by Crippen LogP contribution is 2.25. The van der Waals surface area contributed by atoms with Gasteiger partial charge in [-0.15, -0.1) is 0 Å². The molecule has 76 valence electrons. The van der Waals surface area contributed by atoms with Gasteiger partial charge in [0.2, 0.25) is 0 Å². The average Bonchev–Trinajstić information content (AvgIpc) is 2.18. The molecule has 1 nitrogen and oxygen atoms in total. The van der Waals surface area contributed by atoms with Crippen LogP contribution in [0, 0.1) is 3.57 Å². The largest absolute Gasteiger partial charge is 0.388 e. The molecule has 1 aromatic carbocycles. The van der Waals surface area contributed by atoms with Crippen molar-refractivity contribution in [2.45, 2.75) is 25.9 Å². The van der Waals surface area contributed by atoms with Gasteiger partial charge in [-0.3, -0.25) is 0 Å². The van der Waals surface area contributed by atoms with Crippen molar-refractivity contribution in [2.24, 2.45) is 0 Å². The van der Waals surface area contributed by atoms with Gasteiger partial charge in [-0.05, 0) is 47.1 Å². The van der Waals surface area contributed by atoms with Crippen LogP contribution in [-0.2, 0) is 0 Å². The van der Waals surface area contributed by atoms with E-state index in [9.17, 15) is 5.11 Å². The highest BCUT2D eigenvalue weighted by Gasteiger charge is 2.10. The SMILES string of the molecule is C=C(CC)CC(O)c1ccccc1I. The van der Waals surface area contributed by atoms with Gasteiger partial charge in [-0.25, -0.2) is 0 Å². The smallest absolute Gasteiger partial charge is 0.0837 e. The summed E-state index contributed by atoms with van der Waals surface area (Å²) in [5.74, 6) is 0. The van der Waals surface area contributed by atoms with E-state index >= 15 is 0 Å². The van der Waals surface area contributed by atoms with Crippen LogP contribution in [0.1, 0.15) is 31.4 Å². The van der Waals surface area contributed by atoms with Gasteiger partial charge in [-0.1, -0.05) is 37.3 Å². The second-order valence-corrected chi connectivity index (χ2v) is 4.51. The maximum absolute atomic E-state index is 9.94. The van der Waals surface area contributed by atoms with Crippen LogP contribution in [0.15, 0.2) is 36.4 Å². The first-order valence-corrected chi connectivity index (χ1v) is 5.82. The van der Waals surface area contributed by atoms with Crippen molar-refractivity contribution in [2.75, 3.05) is 0 Å². The molecule has 0 saturated carbocycles. The van der Waals surface area contributed by atoms with E-state index in [0.717, 1.165) is 21.1 Å². The lowest BCUT2D eigenvalue weighted by atomic mass is 10.0.